The van der Waals surface area contributed by atoms with Gasteiger partial charge >= 0.3 is 5.69 Å². The minimum atomic E-state index is -0.737. The van der Waals surface area contributed by atoms with Gasteiger partial charge in [0.25, 0.3) is 5.69 Å². The molecular formula is C26H14Cl2N4O6. The van der Waals surface area contributed by atoms with E-state index in [1.54, 1.807) is 66.9 Å². The number of benzene rings is 4. The van der Waals surface area contributed by atoms with Gasteiger partial charge in [0.15, 0.2) is 5.58 Å². The lowest BCUT2D eigenvalue weighted by Crippen LogP contribution is -1.96. The third-order valence-electron chi connectivity index (χ3n) is 5.35. The molecule has 0 aliphatic rings. The number of ether oxygens (including phenoxy) is 1. The van der Waals surface area contributed by atoms with Crippen LogP contribution in [0.25, 0.3) is 22.6 Å². The molecule has 0 atom stereocenters. The highest BCUT2D eigenvalue weighted by Gasteiger charge is 2.21. The summed E-state index contributed by atoms with van der Waals surface area (Å²) in [6, 6.07) is 20.3. The van der Waals surface area contributed by atoms with Crippen LogP contribution in [0.1, 0.15) is 5.56 Å². The molecule has 38 heavy (non-hydrogen) atoms. The SMILES string of the molecule is O=[N+]([O-])c1ccc(Oc2cccc(C=Nc3ccc4oc(-c5cccc(Cl)c5Cl)nc4c3)c2)c([N+](=O)[O-])c1. The lowest BCUT2D eigenvalue weighted by Gasteiger charge is -2.07. The Balaban J connectivity index is 1.38. The van der Waals surface area contributed by atoms with Crippen molar-refractivity contribution in [3.63, 3.8) is 0 Å². The van der Waals surface area contributed by atoms with Crippen LogP contribution < -0.4 is 4.74 Å². The van der Waals surface area contributed by atoms with Gasteiger partial charge in [-0.15, -0.1) is 0 Å². The molecule has 0 amide bonds. The quantitative estimate of drug-likeness (QED) is 0.114. The second-order valence-electron chi connectivity index (χ2n) is 7.87. The van der Waals surface area contributed by atoms with Crippen molar-refractivity contribution in [2.45, 2.75) is 0 Å². The van der Waals surface area contributed by atoms with Crippen LogP contribution in [0, 0.1) is 20.2 Å². The Morgan fingerprint density at radius 3 is 2.53 bits per heavy atom. The summed E-state index contributed by atoms with van der Waals surface area (Å²) in [5, 5.41) is 23.1. The number of nitro groups is 2. The van der Waals surface area contributed by atoms with Crippen LogP contribution in [0.15, 0.2) is 88.3 Å². The molecule has 0 unspecified atom stereocenters. The Hall–Kier alpha value is -4.80. The summed E-state index contributed by atoms with van der Waals surface area (Å²) in [4.78, 5) is 29.9. The second kappa shape index (κ2) is 10.3. The zero-order chi connectivity index (χ0) is 26.8. The number of halogens is 2. The largest absolute Gasteiger partial charge is 0.450 e. The summed E-state index contributed by atoms with van der Waals surface area (Å²) >= 11 is 12.4. The van der Waals surface area contributed by atoms with Gasteiger partial charge in [0.2, 0.25) is 11.6 Å². The molecular weight excluding hydrogens is 535 g/mol. The Morgan fingerprint density at radius 1 is 0.921 bits per heavy atom. The van der Waals surface area contributed by atoms with Crippen molar-refractivity contribution in [2.24, 2.45) is 4.99 Å². The molecule has 0 N–H and O–H groups in total. The van der Waals surface area contributed by atoms with Gasteiger partial charge in [-0.05, 0) is 54.1 Å². The molecule has 1 aromatic heterocycles. The summed E-state index contributed by atoms with van der Waals surface area (Å²) < 4.78 is 11.5. The number of rotatable bonds is 7. The third kappa shape index (κ3) is 5.17. The topological polar surface area (TPSA) is 134 Å². The van der Waals surface area contributed by atoms with E-state index in [2.05, 4.69) is 9.98 Å². The van der Waals surface area contributed by atoms with Gasteiger partial charge in [0.05, 0.1) is 37.2 Å². The smallest absolute Gasteiger partial charge is 0.318 e. The number of hydrogen-bond donors (Lipinski definition) is 0. The highest BCUT2D eigenvalue weighted by molar-refractivity contribution is 6.43. The van der Waals surface area contributed by atoms with Crippen molar-refractivity contribution < 1.29 is 19.0 Å². The first-order chi connectivity index (χ1) is 18.3. The van der Waals surface area contributed by atoms with Crippen molar-refractivity contribution >= 4 is 57.6 Å². The minimum Gasteiger partial charge on any atom is -0.450 e. The van der Waals surface area contributed by atoms with E-state index >= 15 is 0 Å². The first kappa shape index (κ1) is 24.9. The zero-order valence-corrected chi connectivity index (χ0v) is 20.6. The molecule has 0 saturated heterocycles. The molecule has 4 aromatic carbocycles. The molecule has 0 aliphatic carbocycles. The maximum absolute atomic E-state index is 11.4. The van der Waals surface area contributed by atoms with E-state index in [4.69, 9.17) is 32.4 Å². The van der Waals surface area contributed by atoms with E-state index < -0.39 is 21.2 Å². The number of nitrogens with zero attached hydrogens (tertiary/aromatic N) is 4. The molecule has 0 aliphatic heterocycles. The summed E-state index contributed by atoms with van der Waals surface area (Å²) in [5.74, 6) is 0.501. The van der Waals surface area contributed by atoms with Crippen molar-refractivity contribution in [1.82, 2.24) is 4.98 Å². The summed E-state index contributed by atoms with van der Waals surface area (Å²) in [7, 11) is 0. The second-order valence-corrected chi connectivity index (χ2v) is 8.66. The molecule has 1 heterocycles. The Labute approximate surface area is 224 Å². The van der Waals surface area contributed by atoms with Crippen LogP contribution in [-0.4, -0.2) is 21.0 Å². The van der Waals surface area contributed by atoms with Crippen LogP contribution in [0.5, 0.6) is 11.5 Å². The molecule has 10 nitrogen and oxygen atoms in total. The van der Waals surface area contributed by atoms with Gasteiger partial charge in [0, 0.05) is 12.3 Å². The van der Waals surface area contributed by atoms with Crippen molar-refractivity contribution in [1.29, 1.82) is 0 Å². The van der Waals surface area contributed by atoms with Gasteiger partial charge < -0.3 is 9.15 Å². The van der Waals surface area contributed by atoms with Crippen LogP contribution in [-0.2, 0) is 0 Å². The van der Waals surface area contributed by atoms with E-state index in [1.807, 2.05) is 0 Å². The Kier molecular flexibility index (Phi) is 6.73. The lowest BCUT2D eigenvalue weighted by atomic mass is 10.2. The average molecular weight is 549 g/mol. The molecule has 0 bridgehead atoms. The predicted molar refractivity (Wildman–Crippen MR) is 143 cm³/mol. The molecule has 188 valence electrons. The standard InChI is InChI=1S/C26H14Cl2N4O6/c27-20-6-2-5-19(25(20)28)26-30-21-12-16(7-9-23(21)38-26)29-14-15-3-1-4-18(11-15)37-24-10-8-17(31(33)34)13-22(24)32(35)36/h1-14H. The van der Waals surface area contributed by atoms with Gasteiger partial charge in [-0.3, -0.25) is 25.2 Å². The summed E-state index contributed by atoms with van der Waals surface area (Å²) in [6.07, 6.45) is 1.59. The fourth-order valence-corrected chi connectivity index (χ4v) is 3.94. The number of non-ortho nitro benzene ring substituents is 1. The molecule has 5 aromatic rings. The predicted octanol–water partition coefficient (Wildman–Crippen LogP) is 8.16. The van der Waals surface area contributed by atoms with E-state index in [0.717, 1.165) is 12.1 Å². The molecule has 0 spiro atoms. The number of hydrogen-bond acceptors (Lipinski definition) is 8. The number of nitro benzene ring substituents is 2. The fourth-order valence-electron chi connectivity index (χ4n) is 3.56. The van der Waals surface area contributed by atoms with E-state index in [-0.39, 0.29) is 5.75 Å². The highest BCUT2D eigenvalue weighted by Crippen LogP contribution is 2.36. The molecule has 5 rings (SSSR count). The third-order valence-corrected chi connectivity index (χ3v) is 6.17. The van der Waals surface area contributed by atoms with E-state index in [0.29, 0.717) is 49.6 Å². The maximum atomic E-state index is 11.4. The first-order valence-corrected chi connectivity index (χ1v) is 11.6. The maximum Gasteiger partial charge on any atom is 0.318 e. The normalized spacial score (nSPS) is 11.2. The number of fused-ring (bicyclic) bond motifs is 1. The zero-order valence-electron chi connectivity index (χ0n) is 19.1. The van der Waals surface area contributed by atoms with Crippen LogP contribution in [0.2, 0.25) is 10.0 Å². The Morgan fingerprint density at radius 2 is 1.74 bits per heavy atom. The van der Waals surface area contributed by atoms with Crippen molar-refractivity contribution in [2.75, 3.05) is 0 Å². The first-order valence-electron chi connectivity index (χ1n) is 10.9. The monoisotopic (exact) mass is 548 g/mol. The molecule has 0 radical (unpaired) electrons. The summed E-state index contributed by atoms with van der Waals surface area (Å²) in [6.45, 7) is 0. The minimum absolute atomic E-state index is 0.123. The van der Waals surface area contributed by atoms with Gasteiger partial charge in [-0.2, -0.15) is 0 Å². The van der Waals surface area contributed by atoms with Crippen LogP contribution in [0.3, 0.4) is 0 Å². The molecule has 12 heteroatoms. The highest BCUT2D eigenvalue weighted by atomic mass is 35.5. The fraction of sp³-hybridized carbons (Fsp3) is 0. The lowest BCUT2D eigenvalue weighted by molar-refractivity contribution is -0.394. The van der Waals surface area contributed by atoms with E-state index in [1.165, 1.54) is 6.07 Å². The van der Waals surface area contributed by atoms with Crippen molar-refractivity contribution in [3.05, 3.63) is 115 Å². The average Bonchev–Trinajstić information content (AvgIpc) is 3.32. The number of aromatic nitrogens is 1. The van der Waals surface area contributed by atoms with E-state index in [9.17, 15) is 20.2 Å². The van der Waals surface area contributed by atoms with Crippen LogP contribution in [0.4, 0.5) is 17.1 Å². The molecule has 0 fully saturated rings. The van der Waals surface area contributed by atoms with Crippen LogP contribution >= 0.6 is 23.2 Å². The van der Waals surface area contributed by atoms with Gasteiger partial charge in [0.1, 0.15) is 11.3 Å². The molecule has 0 saturated carbocycles. The van der Waals surface area contributed by atoms with Crippen molar-refractivity contribution in [3.8, 4) is 23.0 Å². The summed E-state index contributed by atoms with van der Waals surface area (Å²) in [5.41, 5.74) is 2.04. The Bertz CT molecular complexity index is 1750. The number of aliphatic imine (C=N–C) groups is 1. The van der Waals surface area contributed by atoms with Gasteiger partial charge in [-0.1, -0.05) is 41.4 Å². The number of oxazole rings is 1. The van der Waals surface area contributed by atoms with Gasteiger partial charge in [-0.25, -0.2) is 4.98 Å².